The van der Waals surface area contributed by atoms with Gasteiger partial charge in [0.1, 0.15) is 17.5 Å². The first-order valence-electron chi connectivity index (χ1n) is 9.60. The van der Waals surface area contributed by atoms with E-state index in [-0.39, 0.29) is 5.69 Å². The van der Waals surface area contributed by atoms with E-state index in [2.05, 4.69) is 51.5 Å². The zero-order valence-corrected chi connectivity index (χ0v) is 17.1. The third-order valence-corrected chi connectivity index (χ3v) is 4.63. The summed E-state index contributed by atoms with van der Waals surface area (Å²) < 4.78 is 27.0. The summed E-state index contributed by atoms with van der Waals surface area (Å²) in [5.74, 6) is -0.492. The minimum absolute atomic E-state index is 0.148. The second-order valence-corrected chi connectivity index (χ2v) is 6.76. The van der Waals surface area contributed by atoms with Crippen LogP contribution in [0.2, 0.25) is 0 Å². The van der Waals surface area contributed by atoms with Crippen LogP contribution in [-0.2, 0) is 0 Å². The molecule has 0 amide bonds. The fraction of sp³-hybridized carbons (Fsp3) is 0.273. The Bertz CT molecular complexity index is 1000. The van der Waals surface area contributed by atoms with Gasteiger partial charge in [-0.3, -0.25) is 0 Å². The van der Waals surface area contributed by atoms with Gasteiger partial charge in [0.25, 0.3) is 0 Å². The molecule has 0 saturated carbocycles. The van der Waals surface area contributed by atoms with Crippen LogP contribution >= 0.6 is 0 Å². The predicted octanol–water partition coefficient (Wildman–Crippen LogP) is 5.71. The van der Waals surface area contributed by atoms with Crippen LogP contribution in [0.25, 0.3) is 0 Å². The molecule has 0 spiro atoms. The summed E-state index contributed by atoms with van der Waals surface area (Å²) in [4.78, 5) is 11.1. The van der Waals surface area contributed by atoms with Crippen molar-refractivity contribution in [1.82, 2.24) is 9.97 Å². The molecular weight excluding hydrogens is 372 g/mol. The first-order chi connectivity index (χ1) is 13.9. The SMILES string of the molecule is CCN(CC)c1ccc(Nc2nc(C)cc(Nc3ccc(F)cc3F)n2)c(C)c1. The third-order valence-electron chi connectivity index (χ3n) is 4.63. The quantitative estimate of drug-likeness (QED) is 0.535. The molecule has 29 heavy (non-hydrogen) atoms. The molecule has 0 radical (unpaired) electrons. The lowest BCUT2D eigenvalue weighted by Crippen LogP contribution is -2.21. The highest BCUT2D eigenvalue weighted by molar-refractivity contribution is 5.65. The van der Waals surface area contributed by atoms with Gasteiger partial charge in [0, 0.05) is 42.3 Å². The monoisotopic (exact) mass is 397 g/mol. The van der Waals surface area contributed by atoms with Crippen LogP contribution < -0.4 is 15.5 Å². The van der Waals surface area contributed by atoms with Crippen molar-refractivity contribution < 1.29 is 8.78 Å². The Morgan fingerprint density at radius 1 is 0.862 bits per heavy atom. The Hall–Kier alpha value is -3.22. The van der Waals surface area contributed by atoms with Crippen molar-refractivity contribution in [1.29, 1.82) is 0 Å². The molecule has 5 nitrogen and oxygen atoms in total. The number of nitrogens with one attached hydrogen (secondary N) is 2. The van der Waals surface area contributed by atoms with Gasteiger partial charge in [-0.2, -0.15) is 4.98 Å². The Kier molecular flexibility index (Phi) is 6.26. The lowest BCUT2D eigenvalue weighted by atomic mass is 10.1. The molecule has 0 bridgehead atoms. The highest BCUT2D eigenvalue weighted by atomic mass is 19.1. The molecule has 152 valence electrons. The molecule has 1 heterocycles. The normalized spacial score (nSPS) is 10.7. The summed E-state index contributed by atoms with van der Waals surface area (Å²) in [5, 5.41) is 6.11. The van der Waals surface area contributed by atoms with Crippen molar-refractivity contribution in [3.05, 3.63) is 65.4 Å². The highest BCUT2D eigenvalue weighted by Crippen LogP contribution is 2.26. The van der Waals surface area contributed by atoms with Crippen LogP contribution in [0.15, 0.2) is 42.5 Å². The molecule has 0 atom stereocenters. The van der Waals surface area contributed by atoms with Crippen molar-refractivity contribution in [2.75, 3.05) is 28.6 Å². The zero-order valence-electron chi connectivity index (χ0n) is 17.1. The average Bonchev–Trinajstić information content (AvgIpc) is 2.67. The zero-order chi connectivity index (χ0) is 21.0. The number of aryl methyl sites for hydroxylation is 2. The van der Waals surface area contributed by atoms with Crippen molar-refractivity contribution in [2.45, 2.75) is 27.7 Å². The number of rotatable bonds is 7. The van der Waals surface area contributed by atoms with Gasteiger partial charge >= 0.3 is 0 Å². The van der Waals surface area contributed by atoms with E-state index in [0.29, 0.717) is 17.5 Å². The molecule has 2 aromatic carbocycles. The van der Waals surface area contributed by atoms with Crippen molar-refractivity contribution in [3.8, 4) is 0 Å². The van der Waals surface area contributed by atoms with Gasteiger partial charge in [-0.15, -0.1) is 0 Å². The second-order valence-electron chi connectivity index (χ2n) is 6.76. The smallest absolute Gasteiger partial charge is 0.229 e. The molecule has 0 fully saturated rings. The summed E-state index contributed by atoms with van der Waals surface area (Å²) in [5.41, 5.74) is 3.99. The fourth-order valence-electron chi connectivity index (χ4n) is 3.11. The van der Waals surface area contributed by atoms with Crippen LogP contribution in [0.4, 0.5) is 37.6 Å². The average molecular weight is 397 g/mol. The van der Waals surface area contributed by atoms with Crippen LogP contribution in [0.3, 0.4) is 0 Å². The van der Waals surface area contributed by atoms with Gasteiger partial charge in [0.2, 0.25) is 5.95 Å². The Morgan fingerprint density at radius 2 is 1.59 bits per heavy atom. The van der Waals surface area contributed by atoms with Gasteiger partial charge in [-0.05, 0) is 63.6 Å². The van der Waals surface area contributed by atoms with Gasteiger partial charge in [0.05, 0.1) is 5.69 Å². The van der Waals surface area contributed by atoms with Gasteiger partial charge < -0.3 is 15.5 Å². The van der Waals surface area contributed by atoms with E-state index in [4.69, 9.17) is 0 Å². The molecule has 3 aromatic rings. The number of anilines is 5. The van der Waals surface area contributed by atoms with Gasteiger partial charge in [-0.1, -0.05) is 0 Å². The van der Waals surface area contributed by atoms with Crippen molar-refractivity contribution >= 4 is 28.8 Å². The van der Waals surface area contributed by atoms with Crippen LogP contribution in [-0.4, -0.2) is 23.1 Å². The van der Waals surface area contributed by atoms with E-state index < -0.39 is 11.6 Å². The number of aromatic nitrogens is 2. The van der Waals surface area contributed by atoms with E-state index >= 15 is 0 Å². The van der Waals surface area contributed by atoms with E-state index in [0.717, 1.165) is 36.1 Å². The summed E-state index contributed by atoms with van der Waals surface area (Å²) in [6.45, 7) is 10.00. The van der Waals surface area contributed by atoms with Crippen LogP contribution in [0, 0.1) is 25.5 Å². The summed E-state index contributed by atoms with van der Waals surface area (Å²) in [6.07, 6.45) is 0. The molecule has 2 N–H and O–H groups in total. The van der Waals surface area contributed by atoms with E-state index in [1.165, 1.54) is 12.1 Å². The summed E-state index contributed by atoms with van der Waals surface area (Å²) in [6, 6.07) is 11.2. The maximum atomic E-state index is 13.9. The molecule has 0 aliphatic heterocycles. The number of hydrogen-bond donors (Lipinski definition) is 2. The van der Waals surface area contributed by atoms with Crippen LogP contribution in [0.1, 0.15) is 25.1 Å². The van der Waals surface area contributed by atoms with E-state index in [1.54, 1.807) is 6.07 Å². The minimum atomic E-state index is -0.682. The summed E-state index contributed by atoms with van der Waals surface area (Å²) >= 11 is 0. The molecule has 7 heteroatoms. The Labute approximate surface area is 169 Å². The minimum Gasteiger partial charge on any atom is -0.372 e. The number of benzene rings is 2. The first-order valence-corrected chi connectivity index (χ1v) is 9.60. The molecule has 0 aliphatic carbocycles. The summed E-state index contributed by atoms with van der Waals surface area (Å²) in [7, 11) is 0. The maximum absolute atomic E-state index is 13.9. The molecule has 3 rings (SSSR count). The van der Waals surface area contributed by atoms with Gasteiger partial charge in [0.15, 0.2) is 0 Å². The van der Waals surface area contributed by atoms with Gasteiger partial charge in [-0.25, -0.2) is 13.8 Å². The Morgan fingerprint density at radius 3 is 2.24 bits per heavy atom. The largest absolute Gasteiger partial charge is 0.372 e. The standard InChI is InChI=1S/C22H25F2N5/c1-5-29(6-2)17-8-10-19(14(3)11-17)27-22-25-15(4)12-21(28-22)26-20-9-7-16(23)13-18(20)24/h7-13H,5-6H2,1-4H3,(H2,25,26,27,28). The third kappa shape index (κ3) is 4.99. The van der Waals surface area contributed by atoms with Crippen molar-refractivity contribution in [3.63, 3.8) is 0 Å². The molecule has 0 saturated heterocycles. The van der Waals surface area contributed by atoms with E-state index in [9.17, 15) is 8.78 Å². The lowest BCUT2D eigenvalue weighted by molar-refractivity contribution is 0.586. The second kappa shape index (κ2) is 8.86. The molecule has 1 aromatic heterocycles. The number of halogens is 2. The highest BCUT2D eigenvalue weighted by Gasteiger charge is 2.10. The maximum Gasteiger partial charge on any atom is 0.229 e. The molecular formula is C22H25F2N5. The topological polar surface area (TPSA) is 53.1 Å². The Balaban J connectivity index is 1.83. The molecule has 0 unspecified atom stereocenters. The first kappa shape index (κ1) is 20.5. The lowest BCUT2D eigenvalue weighted by Gasteiger charge is -2.22. The fourth-order valence-corrected chi connectivity index (χ4v) is 3.11. The number of hydrogen-bond acceptors (Lipinski definition) is 5. The van der Waals surface area contributed by atoms with Crippen molar-refractivity contribution in [2.24, 2.45) is 0 Å². The van der Waals surface area contributed by atoms with Crippen LogP contribution in [0.5, 0.6) is 0 Å². The van der Waals surface area contributed by atoms with E-state index in [1.807, 2.05) is 19.9 Å². The molecule has 0 aliphatic rings. The predicted molar refractivity (Wildman–Crippen MR) is 114 cm³/mol. The number of nitrogens with zero attached hydrogens (tertiary/aromatic N) is 3.